The lowest BCUT2D eigenvalue weighted by molar-refractivity contribution is 0.0556. The summed E-state index contributed by atoms with van der Waals surface area (Å²) in [6, 6.07) is 0.727. The highest BCUT2D eigenvalue weighted by Crippen LogP contribution is 2.38. The Hall–Kier alpha value is -0.450. The Kier molecular flexibility index (Phi) is 4.16. The van der Waals surface area contributed by atoms with Crippen LogP contribution >= 0.6 is 11.3 Å². The highest BCUT2D eigenvalue weighted by Gasteiger charge is 2.43. The molecule has 2 fully saturated rings. The van der Waals surface area contributed by atoms with E-state index in [4.69, 9.17) is 0 Å². The second-order valence-corrected chi connectivity index (χ2v) is 7.50. The Morgan fingerprint density at radius 3 is 2.70 bits per heavy atom. The van der Waals surface area contributed by atoms with E-state index in [9.17, 15) is 0 Å². The Labute approximate surface area is 126 Å². The number of aromatic nitrogens is 1. The molecule has 2 aliphatic rings. The second kappa shape index (κ2) is 5.74. The molecule has 1 aromatic rings. The van der Waals surface area contributed by atoms with Crippen LogP contribution < -0.4 is 5.32 Å². The van der Waals surface area contributed by atoms with Crippen molar-refractivity contribution in [3.63, 3.8) is 0 Å². The minimum absolute atomic E-state index is 0.317. The Morgan fingerprint density at radius 1 is 1.40 bits per heavy atom. The standard InChI is InChI=1S/C16H27N3S/c1-4-16(5-2)11-19(9-15-18-12(3)10-20-15)14(8-17-16)13-6-7-13/h10,13-14,17H,4-9,11H2,1-3H3. The van der Waals surface area contributed by atoms with Gasteiger partial charge in [-0.1, -0.05) is 13.8 Å². The van der Waals surface area contributed by atoms with Crippen molar-refractivity contribution in [2.75, 3.05) is 13.1 Å². The smallest absolute Gasteiger partial charge is 0.107 e. The van der Waals surface area contributed by atoms with Crippen molar-refractivity contribution < 1.29 is 0 Å². The van der Waals surface area contributed by atoms with Gasteiger partial charge in [-0.2, -0.15) is 0 Å². The molecule has 0 amide bonds. The van der Waals surface area contributed by atoms with Crippen molar-refractivity contribution in [1.82, 2.24) is 15.2 Å². The molecule has 0 radical (unpaired) electrons. The molecule has 3 nitrogen and oxygen atoms in total. The maximum atomic E-state index is 4.67. The van der Waals surface area contributed by atoms with E-state index in [1.165, 1.54) is 42.9 Å². The lowest BCUT2D eigenvalue weighted by atomic mass is 9.87. The maximum Gasteiger partial charge on any atom is 0.107 e. The molecule has 2 heterocycles. The topological polar surface area (TPSA) is 28.2 Å². The van der Waals surface area contributed by atoms with Crippen LogP contribution in [0.2, 0.25) is 0 Å². The van der Waals surface area contributed by atoms with Gasteiger partial charge in [-0.25, -0.2) is 4.98 Å². The molecule has 1 aliphatic heterocycles. The van der Waals surface area contributed by atoms with E-state index in [0.29, 0.717) is 5.54 Å². The first-order valence-corrected chi connectivity index (χ1v) is 8.94. The van der Waals surface area contributed by atoms with Gasteiger partial charge >= 0.3 is 0 Å². The number of hydrogen-bond acceptors (Lipinski definition) is 4. The van der Waals surface area contributed by atoms with Gasteiger partial charge in [0.15, 0.2) is 0 Å². The fourth-order valence-electron chi connectivity index (χ4n) is 3.50. The Morgan fingerprint density at radius 2 is 2.15 bits per heavy atom. The van der Waals surface area contributed by atoms with Crippen LogP contribution in [-0.2, 0) is 6.54 Å². The largest absolute Gasteiger partial charge is 0.308 e. The quantitative estimate of drug-likeness (QED) is 0.903. The van der Waals surface area contributed by atoms with E-state index in [-0.39, 0.29) is 0 Å². The van der Waals surface area contributed by atoms with Crippen molar-refractivity contribution in [2.24, 2.45) is 5.92 Å². The molecule has 1 saturated heterocycles. The number of thiazole rings is 1. The minimum atomic E-state index is 0.317. The van der Waals surface area contributed by atoms with Gasteiger partial charge in [0.1, 0.15) is 5.01 Å². The van der Waals surface area contributed by atoms with Crippen molar-refractivity contribution in [3.8, 4) is 0 Å². The molecule has 1 aliphatic carbocycles. The first-order chi connectivity index (χ1) is 9.65. The average Bonchev–Trinajstić information content (AvgIpc) is 3.22. The summed E-state index contributed by atoms with van der Waals surface area (Å²) in [4.78, 5) is 7.40. The Balaban J connectivity index is 1.74. The molecule has 0 bridgehead atoms. The van der Waals surface area contributed by atoms with E-state index in [0.717, 1.165) is 25.0 Å². The van der Waals surface area contributed by atoms with E-state index >= 15 is 0 Å². The molecule has 112 valence electrons. The van der Waals surface area contributed by atoms with Gasteiger partial charge in [-0.05, 0) is 38.5 Å². The van der Waals surface area contributed by atoms with Gasteiger partial charge in [0, 0.05) is 35.7 Å². The number of piperazine rings is 1. The summed E-state index contributed by atoms with van der Waals surface area (Å²) in [6.45, 7) is 10.1. The molecule has 0 aromatic carbocycles. The first-order valence-electron chi connectivity index (χ1n) is 8.06. The van der Waals surface area contributed by atoms with Gasteiger partial charge in [-0.3, -0.25) is 4.90 Å². The van der Waals surface area contributed by atoms with Gasteiger partial charge in [0.05, 0.1) is 6.54 Å². The van der Waals surface area contributed by atoms with Crippen LogP contribution in [0.3, 0.4) is 0 Å². The zero-order valence-corrected chi connectivity index (χ0v) is 13.8. The van der Waals surface area contributed by atoms with Crippen LogP contribution in [0.15, 0.2) is 5.38 Å². The van der Waals surface area contributed by atoms with E-state index in [2.05, 4.69) is 41.4 Å². The molecule has 1 N–H and O–H groups in total. The van der Waals surface area contributed by atoms with Crippen molar-refractivity contribution in [1.29, 1.82) is 0 Å². The predicted molar refractivity (Wildman–Crippen MR) is 85.1 cm³/mol. The van der Waals surface area contributed by atoms with Crippen molar-refractivity contribution >= 4 is 11.3 Å². The minimum Gasteiger partial charge on any atom is -0.308 e. The zero-order chi connectivity index (χ0) is 14.2. The maximum absolute atomic E-state index is 4.67. The lowest BCUT2D eigenvalue weighted by Crippen LogP contribution is -2.64. The number of nitrogens with zero attached hydrogens (tertiary/aromatic N) is 2. The molecule has 1 aromatic heterocycles. The van der Waals surface area contributed by atoms with Crippen LogP contribution in [0, 0.1) is 12.8 Å². The highest BCUT2D eigenvalue weighted by atomic mass is 32.1. The highest BCUT2D eigenvalue weighted by molar-refractivity contribution is 7.09. The summed E-state index contributed by atoms with van der Waals surface area (Å²) >= 11 is 1.82. The molecule has 1 saturated carbocycles. The fourth-order valence-corrected chi connectivity index (χ4v) is 4.30. The third-order valence-electron chi connectivity index (χ3n) is 5.19. The summed E-state index contributed by atoms with van der Waals surface area (Å²) in [6.07, 6.45) is 5.28. The molecule has 4 heteroatoms. The molecule has 3 rings (SSSR count). The molecular formula is C16H27N3S. The molecular weight excluding hydrogens is 266 g/mol. The molecule has 1 atom stereocenters. The van der Waals surface area contributed by atoms with Crippen LogP contribution in [-0.4, -0.2) is 34.6 Å². The predicted octanol–water partition coefficient (Wildman–Crippen LogP) is 3.19. The third kappa shape index (κ3) is 2.92. The normalized spacial score (nSPS) is 26.9. The van der Waals surface area contributed by atoms with Crippen molar-refractivity contribution in [2.45, 2.75) is 64.6 Å². The number of hydrogen-bond donors (Lipinski definition) is 1. The summed E-state index contributed by atoms with van der Waals surface area (Å²) in [5, 5.41) is 7.33. The Bertz CT molecular complexity index is 448. The second-order valence-electron chi connectivity index (χ2n) is 6.56. The average molecular weight is 293 g/mol. The van der Waals surface area contributed by atoms with Gasteiger partial charge in [0.25, 0.3) is 0 Å². The van der Waals surface area contributed by atoms with E-state index in [1.807, 2.05) is 11.3 Å². The SMILES string of the molecule is CCC1(CC)CN(Cc2nc(C)cs2)C(C2CC2)CN1. The monoisotopic (exact) mass is 293 g/mol. The number of nitrogens with one attached hydrogen (secondary N) is 1. The summed E-state index contributed by atoms with van der Waals surface area (Å²) in [5.74, 6) is 0.926. The lowest BCUT2D eigenvalue weighted by Gasteiger charge is -2.47. The van der Waals surface area contributed by atoms with Gasteiger partial charge in [0.2, 0.25) is 0 Å². The van der Waals surface area contributed by atoms with Crippen LogP contribution in [0.25, 0.3) is 0 Å². The molecule has 1 unspecified atom stereocenters. The van der Waals surface area contributed by atoms with Crippen LogP contribution in [0.4, 0.5) is 0 Å². The summed E-state index contributed by atoms with van der Waals surface area (Å²) < 4.78 is 0. The molecule has 20 heavy (non-hydrogen) atoms. The number of rotatable bonds is 5. The summed E-state index contributed by atoms with van der Waals surface area (Å²) in [5.41, 5.74) is 1.48. The van der Waals surface area contributed by atoms with Gasteiger partial charge < -0.3 is 5.32 Å². The van der Waals surface area contributed by atoms with Crippen LogP contribution in [0.1, 0.15) is 50.2 Å². The van der Waals surface area contributed by atoms with E-state index in [1.54, 1.807) is 0 Å². The third-order valence-corrected chi connectivity index (χ3v) is 6.14. The zero-order valence-electron chi connectivity index (χ0n) is 13.0. The van der Waals surface area contributed by atoms with Crippen LogP contribution in [0.5, 0.6) is 0 Å². The van der Waals surface area contributed by atoms with E-state index < -0.39 is 0 Å². The fraction of sp³-hybridized carbons (Fsp3) is 0.812. The van der Waals surface area contributed by atoms with Crippen molar-refractivity contribution in [3.05, 3.63) is 16.1 Å². The van der Waals surface area contributed by atoms with Gasteiger partial charge in [-0.15, -0.1) is 11.3 Å². The number of aryl methyl sites for hydroxylation is 1. The first kappa shape index (κ1) is 14.5. The summed E-state index contributed by atoms with van der Waals surface area (Å²) in [7, 11) is 0. The molecule has 0 spiro atoms.